The molecule has 5 rings (SSSR count). The molecule has 1 heterocycles. The van der Waals surface area contributed by atoms with Gasteiger partial charge in [-0.2, -0.15) is 5.10 Å². The fourth-order valence-corrected chi connectivity index (χ4v) is 5.63. The van der Waals surface area contributed by atoms with E-state index in [2.05, 4.69) is 5.10 Å². The van der Waals surface area contributed by atoms with Crippen LogP contribution < -0.4 is 5.73 Å². The molecule has 0 spiro atoms. The van der Waals surface area contributed by atoms with Gasteiger partial charge in [-0.1, -0.05) is 0 Å². The maximum Gasteiger partial charge on any atom is 0.260 e. The van der Waals surface area contributed by atoms with Crippen LogP contribution in [0.4, 0.5) is 0 Å². The van der Waals surface area contributed by atoms with Crippen LogP contribution in [-0.4, -0.2) is 40.4 Å². The van der Waals surface area contributed by atoms with Crippen LogP contribution in [0.5, 0.6) is 0 Å². The van der Waals surface area contributed by atoms with Gasteiger partial charge in [-0.3, -0.25) is 4.79 Å². The monoisotopic (exact) mass is 277 g/mol. The van der Waals surface area contributed by atoms with E-state index in [0.29, 0.717) is 24.8 Å². The summed E-state index contributed by atoms with van der Waals surface area (Å²) in [5, 5.41) is 16.4. The standard InChI is InChI=1S/C15H23N3O2/c16-12(13(19)18-3-1-2-17-18)14-5-10-4-11(6-14)8-15(20,7-10)9-14/h2,10-12,20H,1,3-9,16H2/t10?,11?,12-,14?,15?/m1/s1. The molecule has 0 aromatic heterocycles. The molecule has 0 aromatic carbocycles. The van der Waals surface area contributed by atoms with Crippen molar-refractivity contribution in [3.8, 4) is 0 Å². The van der Waals surface area contributed by atoms with E-state index >= 15 is 0 Å². The lowest BCUT2D eigenvalue weighted by Crippen LogP contribution is -2.64. The van der Waals surface area contributed by atoms with E-state index in [4.69, 9.17) is 5.73 Å². The summed E-state index contributed by atoms with van der Waals surface area (Å²) in [5.74, 6) is 1.06. The highest BCUT2D eigenvalue weighted by Gasteiger charge is 2.60. The number of rotatable bonds is 2. The van der Waals surface area contributed by atoms with E-state index in [1.165, 1.54) is 11.4 Å². The first-order valence-corrected chi connectivity index (χ1v) is 7.82. The van der Waals surface area contributed by atoms with E-state index in [-0.39, 0.29) is 11.3 Å². The molecule has 2 unspecified atom stereocenters. The molecule has 4 bridgehead atoms. The third-order valence-corrected chi connectivity index (χ3v) is 5.95. The van der Waals surface area contributed by atoms with Crippen LogP contribution in [0.1, 0.15) is 44.9 Å². The molecule has 4 aliphatic carbocycles. The Morgan fingerprint density at radius 2 is 2.05 bits per heavy atom. The Hall–Kier alpha value is -0.940. The molecule has 0 aromatic rings. The predicted octanol–water partition coefficient (Wildman–Crippen LogP) is 0.863. The predicted molar refractivity (Wildman–Crippen MR) is 74.9 cm³/mol. The van der Waals surface area contributed by atoms with E-state index in [0.717, 1.165) is 32.1 Å². The molecule has 4 saturated carbocycles. The Balaban J connectivity index is 1.60. The smallest absolute Gasteiger partial charge is 0.260 e. The van der Waals surface area contributed by atoms with Crippen molar-refractivity contribution in [1.82, 2.24) is 5.01 Å². The molecule has 1 aliphatic heterocycles. The lowest BCUT2D eigenvalue weighted by Gasteiger charge is -2.61. The molecule has 0 saturated heterocycles. The van der Waals surface area contributed by atoms with Gasteiger partial charge in [0.1, 0.15) is 0 Å². The summed E-state index contributed by atoms with van der Waals surface area (Å²) in [6.07, 6.45) is 8.36. The average molecular weight is 277 g/mol. The molecule has 110 valence electrons. The van der Waals surface area contributed by atoms with Gasteiger partial charge in [-0.25, -0.2) is 5.01 Å². The van der Waals surface area contributed by atoms with E-state index in [9.17, 15) is 9.90 Å². The Bertz CT molecular complexity index is 462. The normalized spacial score (nSPS) is 47.0. The summed E-state index contributed by atoms with van der Waals surface area (Å²) in [7, 11) is 0. The number of hydrazone groups is 1. The van der Waals surface area contributed by atoms with Crippen molar-refractivity contribution in [2.24, 2.45) is 28.1 Å². The molecule has 3 N–H and O–H groups in total. The second kappa shape index (κ2) is 4.04. The van der Waals surface area contributed by atoms with Gasteiger partial charge in [0.15, 0.2) is 0 Å². The molecule has 20 heavy (non-hydrogen) atoms. The quantitative estimate of drug-likeness (QED) is 0.786. The Morgan fingerprint density at radius 1 is 1.35 bits per heavy atom. The lowest BCUT2D eigenvalue weighted by atomic mass is 9.46. The number of aliphatic hydroxyl groups is 1. The minimum Gasteiger partial charge on any atom is -0.390 e. The Kier molecular flexibility index (Phi) is 2.58. The fourth-order valence-electron chi connectivity index (χ4n) is 5.63. The average Bonchev–Trinajstić information content (AvgIpc) is 2.87. The second-order valence-corrected chi connectivity index (χ2v) is 7.57. The third kappa shape index (κ3) is 1.76. The van der Waals surface area contributed by atoms with Crippen LogP contribution in [-0.2, 0) is 4.79 Å². The molecule has 5 aliphatic rings. The van der Waals surface area contributed by atoms with Gasteiger partial charge in [-0.15, -0.1) is 0 Å². The highest BCUT2D eigenvalue weighted by molar-refractivity contribution is 5.84. The van der Waals surface area contributed by atoms with Crippen LogP contribution in [0.25, 0.3) is 0 Å². The van der Waals surface area contributed by atoms with Gasteiger partial charge in [0.25, 0.3) is 5.91 Å². The highest BCUT2D eigenvalue weighted by Crippen LogP contribution is 2.62. The summed E-state index contributed by atoms with van der Waals surface area (Å²) in [6.45, 7) is 0.653. The zero-order valence-corrected chi connectivity index (χ0v) is 11.8. The van der Waals surface area contributed by atoms with Crippen molar-refractivity contribution in [2.45, 2.75) is 56.6 Å². The topological polar surface area (TPSA) is 78.9 Å². The van der Waals surface area contributed by atoms with Crippen molar-refractivity contribution in [2.75, 3.05) is 6.54 Å². The van der Waals surface area contributed by atoms with Crippen LogP contribution in [0.2, 0.25) is 0 Å². The molecule has 5 nitrogen and oxygen atoms in total. The van der Waals surface area contributed by atoms with Gasteiger partial charge in [-0.05, 0) is 55.8 Å². The molecule has 3 atom stereocenters. The largest absolute Gasteiger partial charge is 0.390 e. The van der Waals surface area contributed by atoms with Crippen LogP contribution >= 0.6 is 0 Å². The Morgan fingerprint density at radius 3 is 2.60 bits per heavy atom. The number of nitrogens with two attached hydrogens (primary N) is 1. The molecular weight excluding hydrogens is 254 g/mol. The third-order valence-electron chi connectivity index (χ3n) is 5.95. The zero-order chi connectivity index (χ0) is 14.0. The summed E-state index contributed by atoms with van der Waals surface area (Å²) in [4.78, 5) is 12.6. The molecule has 1 amide bonds. The van der Waals surface area contributed by atoms with Crippen molar-refractivity contribution in [3.05, 3.63) is 0 Å². The number of amides is 1. The summed E-state index contributed by atoms with van der Waals surface area (Å²) in [6, 6.07) is -0.504. The van der Waals surface area contributed by atoms with Gasteiger partial charge >= 0.3 is 0 Å². The van der Waals surface area contributed by atoms with Crippen molar-refractivity contribution < 1.29 is 9.90 Å². The first kappa shape index (κ1) is 12.8. The van der Waals surface area contributed by atoms with Crippen molar-refractivity contribution in [1.29, 1.82) is 0 Å². The second-order valence-electron chi connectivity index (χ2n) is 7.57. The van der Waals surface area contributed by atoms with Gasteiger partial charge in [0, 0.05) is 19.2 Å². The van der Waals surface area contributed by atoms with Crippen LogP contribution in [0, 0.1) is 17.3 Å². The zero-order valence-electron chi connectivity index (χ0n) is 11.8. The SMILES string of the molecule is N[C@H](C(=O)N1CCC=N1)C12CC3CC(CC(O)(C3)C1)C2. The number of carbonyl (C=O) groups is 1. The minimum atomic E-state index is -0.559. The highest BCUT2D eigenvalue weighted by atomic mass is 16.3. The number of hydrogen-bond acceptors (Lipinski definition) is 4. The number of nitrogens with zero attached hydrogens (tertiary/aromatic N) is 2. The molecule has 4 fully saturated rings. The minimum absolute atomic E-state index is 0.0516. The maximum atomic E-state index is 12.6. The van der Waals surface area contributed by atoms with Gasteiger partial charge < -0.3 is 10.8 Å². The van der Waals surface area contributed by atoms with Crippen molar-refractivity contribution in [3.63, 3.8) is 0 Å². The molecule has 0 radical (unpaired) electrons. The Labute approximate surface area is 119 Å². The molecule has 5 heteroatoms. The lowest BCUT2D eigenvalue weighted by molar-refractivity contribution is -0.177. The van der Waals surface area contributed by atoms with Gasteiger partial charge in [0.2, 0.25) is 0 Å². The van der Waals surface area contributed by atoms with Crippen LogP contribution in [0.15, 0.2) is 5.10 Å². The van der Waals surface area contributed by atoms with E-state index in [1.807, 2.05) is 0 Å². The number of carbonyl (C=O) groups excluding carboxylic acids is 1. The van der Waals surface area contributed by atoms with E-state index in [1.54, 1.807) is 6.21 Å². The summed E-state index contributed by atoms with van der Waals surface area (Å²) >= 11 is 0. The number of hydrogen-bond donors (Lipinski definition) is 2. The summed E-state index contributed by atoms with van der Waals surface area (Å²) < 4.78 is 0. The van der Waals surface area contributed by atoms with E-state index < -0.39 is 11.6 Å². The maximum absolute atomic E-state index is 12.6. The fraction of sp³-hybridized carbons (Fsp3) is 0.867. The first-order chi connectivity index (χ1) is 9.50. The van der Waals surface area contributed by atoms with Gasteiger partial charge in [0.05, 0.1) is 11.6 Å². The molecular formula is C15H23N3O2. The first-order valence-electron chi connectivity index (χ1n) is 7.82. The summed E-state index contributed by atoms with van der Waals surface area (Å²) in [5.41, 5.74) is 5.63. The van der Waals surface area contributed by atoms with Crippen molar-refractivity contribution >= 4 is 12.1 Å². The van der Waals surface area contributed by atoms with Crippen LogP contribution in [0.3, 0.4) is 0 Å².